The van der Waals surface area contributed by atoms with E-state index in [2.05, 4.69) is 66.0 Å². The molecule has 2 unspecified atom stereocenters. The fourth-order valence-corrected chi connectivity index (χ4v) is 3.53. The third-order valence-electron chi connectivity index (χ3n) is 4.43. The smallest absolute Gasteiger partial charge is 0.0462 e. The van der Waals surface area contributed by atoms with E-state index in [0.29, 0.717) is 12.1 Å². The van der Waals surface area contributed by atoms with Crippen molar-refractivity contribution < 1.29 is 0 Å². The molecule has 0 bridgehead atoms. The van der Waals surface area contributed by atoms with Crippen molar-refractivity contribution in [3.8, 4) is 0 Å². The molecule has 2 nitrogen and oxygen atoms in total. The molecule has 21 heavy (non-hydrogen) atoms. The molecule has 1 fully saturated rings. The number of hydrogen-bond donors (Lipinski definition) is 1. The van der Waals surface area contributed by atoms with E-state index in [1.165, 1.54) is 12.0 Å². The summed E-state index contributed by atoms with van der Waals surface area (Å²) >= 11 is 9.86. The molecule has 1 aliphatic heterocycles. The Bertz CT molecular complexity index is 484. The second-order valence-corrected chi connectivity index (χ2v) is 8.50. The van der Waals surface area contributed by atoms with E-state index < -0.39 is 0 Å². The Hall–Kier alpha value is -0.0900. The first-order valence-electron chi connectivity index (χ1n) is 7.68. The normalized spacial score (nSPS) is 24.9. The van der Waals surface area contributed by atoms with Crippen LogP contribution in [0.4, 0.5) is 0 Å². The molecule has 118 valence electrons. The summed E-state index contributed by atoms with van der Waals surface area (Å²) in [6.45, 7) is 12.3. The third-order valence-corrected chi connectivity index (χ3v) is 5.27. The predicted octanol–water partition coefficient (Wildman–Crippen LogP) is 4.70. The summed E-state index contributed by atoms with van der Waals surface area (Å²) in [6, 6.07) is 7.27. The van der Waals surface area contributed by atoms with Gasteiger partial charge in [0.2, 0.25) is 0 Å². The zero-order chi connectivity index (χ0) is 15.6. The second-order valence-electron chi connectivity index (χ2n) is 7.18. The zero-order valence-electron chi connectivity index (χ0n) is 13.4. The van der Waals surface area contributed by atoms with Crippen molar-refractivity contribution in [3.05, 3.63) is 33.3 Å². The van der Waals surface area contributed by atoms with E-state index >= 15 is 0 Å². The Kier molecular flexibility index (Phi) is 5.75. The molecule has 1 heterocycles. The van der Waals surface area contributed by atoms with E-state index in [1.807, 2.05) is 6.07 Å². The van der Waals surface area contributed by atoms with Crippen LogP contribution in [0.5, 0.6) is 0 Å². The molecule has 2 rings (SSSR count). The van der Waals surface area contributed by atoms with Crippen molar-refractivity contribution in [3.63, 3.8) is 0 Å². The molecular weight excluding hydrogens is 348 g/mol. The molecule has 4 heteroatoms. The minimum absolute atomic E-state index is 0.270. The first-order valence-corrected chi connectivity index (χ1v) is 8.86. The fraction of sp³-hybridized carbons (Fsp3) is 0.647. The van der Waals surface area contributed by atoms with E-state index in [1.54, 1.807) is 0 Å². The molecule has 0 radical (unpaired) electrons. The lowest BCUT2D eigenvalue weighted by atomic mass is 9.86. The molecule has 0 aromatic heterocycles. The molecule has 0 spiro atoms. The van der Waals surface area contributed by atoms with Crippen molar-refractivity contribution in [2.24, 2.45) is 5.41 Å². The number of benzene rings is 1. The number of nitrogens with one attached hydrogen (secondary N) is 1. The van der Waals surface area contributed by atoms with Crippen molar-refractivity contribution in [2.45, 2.75) is 52.7 Å². The van der Waals surface area contributed by atoms with Gasteiger partial charge in [-0.15, -0.1) is 0 Å². The SMILES string of the molecule is CC1CCNC(C(C)(C)C)CN1Cc1ccc(Br)cc1Cl. The maximum Gasteiger partial charge on any atom is 0.0462 e. The average molecular weight is 374 g/mol. The van der Waals surface area contributed by atoms with Crippen LogP contribution in [0.3, 0.4) is 0 Å². The quantitative estimate of drug-likeness (QED) is 0.808. The van der Waals surface area contributed by atoms with Crippen molar-refractivity contribution in [1.82, 2.24) is 10.2 Å². The summed E-state index contributed by atoms with van der Waals surface area (Å²) in [5.74, 6) is 0. The van der Waals surface area contributed by atoms with Gasteiger partial charge in [0.15, 0.2) is 0 Å². The van der Waals surface area contributed by atoms with Gasteiger partial charge in [0, 0.05) is 34.7 Å². The van der Waals surface area contributed by atoms with E-state index in [4.69, 9.17) is 11.6 Å². The summed E-state index contributed by atoms with van der Waals surface area (Å²) in [5.41, 5.74) is 1.48. The highest BCUT2D eigenvalue weighted by atomic mass is 79.9. The summed E-state index contributed by atoms with van der Waals surface area (Å²) < 4.78 is 1.04. The summed E-state index contributed by atoms with van der Waals surface area (Å²) in [7, 11) is 0. The zero-order valence-corrected chi connectivity index (χ0v) is 15.8. The van der Waals surface area contributed by atoms with Gasteiger partial charge < -0.3 is 5.32 Å². The van der Waals surface area contributed by atoms with Gasteiger partial charge in [-0.2, -0.15) is 0 Å². The predicted molar refractivity (Wildman–Crippen MR) is 94.9 cm³/mol. The summed E-state index contributed by atoms with van der Waals surface area (Å²) in [6.07, 6.45) is 1.18. The topological polar surface area (TPSA) is 15.3 Å². The third kappa shape index (κ3) is 4.69. The lowest BCUT2D eigenvalue weighted by molar-refractivity contribution is 0.157. The van der Waals surface area contributed by atoms with Crippen LogP contribution in [0.15, 0.2) is 22.7 Å². The average Bonchev–Trinajstić information content (AvgIpc) is 2.55. The summed E-state index contributed by atoms with van der Waals surface area (Å²) in [4.78, 5) is 2.56. The molecule has 0 amide bonds. The lowest BCUT2D eigenvalue weighted by Gasteiger charge is -2.35. The van der Waals surface area contributed by atoms with E-state index in [9.17, 15) is 0 Å². The monoisotopic (exact) mass is 372 g/mol. The Balaban J connectivity index is 2.15. The van der Waals surface area contributed by atoms with Gasteiger partial charge >= 0.3 is 0 Å². The van der Waals surface area contributed by atoms with Gasteiger partial charge in [-0.1, -0.05) is 54.4 Å². The Morgan fingerprint density at radius 3 is 2.71 bits per heavy atom. The minimum Gasteiger partial charge on any atom is -0.312 e. The van der Waals surface area contributed by atoms with Crippen LogP contribution in [0.2, 0.25) is 5.02 Å². The molecule has 1 N–H and O–H groups in total. The number of rotatable bonds is 2. The summed E-state index contributed by atoms with van der Waals surface area (Å²) in [5, 5.41) is 4.56. The van der Waals surface area contributed by atoms with Gasteiger partial charge in [-0.05, 0) is 43.0 Å². The molecule has 2 atom stereocenters. The van der Waals surface area contributed by atoms with Crippen LogP contribution >= 0.6 is 27.5 Å². The van der Waals surface area contributed by atoms with Crippen LogP contribution in [0.1, 0.15) is 39.7 Å². The fourth-order valence-electron chi connectivity index (χ4n) is 2.80. The van der Waals surface area contributed by atoms with E-state index in [-0.39, 0.29) is 5.41 Å². The Labute approximate surface area is 142 Å². The van der Waals surface area contributed by atoms with Gasteiger partial charge in [-0.3, -0.25) is 4.90 Å². The van der Waals surface area contributed by atoms with Gasteiger partial charge in [0.1, 0.15) is 0 Å². The first kappa shape index (κ1) is 17.3. The maximum atomic E-state index is 6.39. The minimum atomic E-state index is 0.270. The van der Waals surface area contributed by atoms with Crippen molar-refractivity contribution >= 4 is 27.5 Å². The number of halogens is 2. The molecule has 1 aromatic carbocycles. The first-order chi connectivity index (χ1) is 9.77. The van der Waals surface area contributed by atoms with Crippen LogP contribution in [0.25, 0.3) is 0 Å². The van der Waals surface area contributed by atoms with Gasteiger partial charge in [0.05, 0.1) is 0 Å². The number of nitrogens with zero attached hydrogens (tertiary/aromatic N) is 1. The molecule has 1 aromatic rings. The van der Waals surface area contributed by atoms with Crippen LogP contribution in [-0.4, -0.2) is 30.1 Å². The second kappa shape index (κ2) is 6.99. The lowest BCUT2D eigenvalue weighted by Crippen LogP contribution is -2.47. The number of hydrogen-bond acceptors (Lipinski definition) is 2. The molecular formula is C17H26BrClN2. The van der Waals surface area contributed by atoms with Crippen LogP contribution < -0.4 is 5.32 Å². The van der Waals surface area contributed by atoms with Crippen LogP contribution in [0, 0.1) is 5.41 Å². The molecule has 0 aliphatic carbocycles. The van der Waals surface area contributed by atoms with Gasteiger partial charge in [-0.25, -0.2) is 0 Å². The maximum absolute atomic E-state index is 6.39. The highest BCUT2D eigenvalue weighted by molar-refractivity contribution is 9.10. The van der Waals surface area contributed by atoms with Gasteiger partial charge in [0.25, 0.3) is 0 Å². The standard InChI is InChI=1S/C17H26BrClN2/c1-12-7-8-20-16(17(2,3)4)11-21(12)10-13-5-6-14(18)9-15(13)19/h5-6,9,12,16,20H,7-8,10-11H2,1-4H3. The van der Waals surface area contributed by atoms with Crippen LogP contribution in [-0.2, 0) is 6.54 Å². The molecule has 0 saturated carbocycles. The molecule has 1 saturated heterocycles. The largest absolute Gasteiger partial charge is 0.312 e. The Morgan fingerprint density at radius 1 is 1.38 bits per heavy atom. The van der Waals surface area contributed by atoms with Crippen molar-refractivity contribution in [2.75, 3.05) is 13.1 Å². The molecule has 1 aliphatic rings. The van der Waals surface area contributed by atoms with E-state index in [0.717, 1.165) is 29.1 Å². The highest BCUT2D eigenvalue weighted by Gasteiger charge is 2.30. The Morgan fingerprint density at radius 2 is 2.10 bits per heavy atom. The van der Waals surface area contributed by atoms with Crippen molar-refractivity contribution in [1.29, 1.82) is 0 Å². The highest BCUT2D eigenvalue weighted by Crippen LogP contribution is 2.27.